The highest BCUT2D eigenvalue weighted by molar-refractivity contribution is 5.78. The van der Waals surface area contributed by atoms with Crippen LogP contribution < -0.4 is 11.1 Å². The van der Waals surface area contributed by atoms with Crippen LogP contribution in [0.15, 0.2) is 24.3 Å². The van der Waals surface area contributed by atoms with E-state index < -0.39 is 0 Å². The van der Waals surface area contributed by atoms with Gasteiger partial charge >= 0.3 is 0 Å². The van der Waals surface area contributed by atoms with Gasteiger partial charge in [0.25, 0.3) is 0 Å². The Morgan fingerprint density at radius 1 is 1.27 bits per heavy atom. The summed E-state index contributed by atoms with van der Waals surface area (Å²) in [5, 5.41) is 3.08. The van der Waals surface area contributed by atoms with Crippen molar-refractivity contribution < 1.29 is 4.79 Å². The second-order valence-electron chi connectivity index (χ2n) is 6.91. The third kappa shape index (κ3) is 5.13. The molecule has 0 aromatic heterocycles. The van der Waals surface area contributed by atoms with Gasteiger partial charge in [-0.1, -0.05) is 44.5 Å². The summed E-state index contributed by atoms with van der Waals surface area (Å²) in [5.41, 5.74) is 8.67. The van der Waals surface area contributed by atoms with E-state index in [-0.39, 0.29) is 17.9 Å². The second kappa shape index (κ2) is 8.33. The topological polar surface area (TPSA) is 55.1 Å². The molecule has 2 rings (SSSR count). The van der Waals surface area contributed by atoms with E-state index in [9.17, 15) is 4.79 Å². The van der Waals surface area contributed by atoms with Crippen molar-refractivity contribution in [2.75, 3.05) is 6.54 Å². The lowest BCUT2D eigenvalue weighted by molar-refractivity contribution is -0.126. The van der Waals surface area contributed by atoms with E-state index in [0.717, 1.165) is 45.1 Å². The van der Waals surface area contributed by atoms with Crippen LogP contribution in [-0.4, -0.2) is 18.5 Å². The van der Waals surface area contributed by atoms with Crippen molar-refractivity contribution in [3.8, 4) is 0 Å². The summed E-state index contributed by atoms with van der Waals surface area (Å²) >= 11 is 0. The van der Waals surface area contributed by atoms with Gasteiger partial charge in [-0.15, -0.1) is 0 Å². The Morgan fingerprint density at radius 2 is 2.00 bits per heavy atom. The lowest BCUT2D eigenvalue weighted by atomic mass is 9.85. The van der Waals surface area contributed by atoms with E-state index in [1.165, 1.54) is 11.1 Å². The van der Waals surface area contributed by atoms with E-state index in [1.54, 1.807) is 0 Å². The maximum Gasteiger partial charge on any atom is 0.223 e. The first-order chi connectivity index (χ1) is 10.6. The summed E-state index contributed by atoms with van der Waals surface area (Å²) in [6, 6.07) is 9.04. The van der Waals surface area contributed by atoms with Crippen molar-refractivity contribution in [3.63, 3.8) is 0 Å². The molecule has 0 heterocycles. The van der Waals surface area contributed by atoms with Crippen LogP contribution in [-0.2, 0) is 11.2 Å². The van der Waals surface area contributed by atoms with Gasteiger partial charge in [-0.3, -0.25) is 4.79 Å². The zero-order chi connectivity index (χ0) is 15.9. The Hall–Kier alpha value is -1.35. The number of amides is 1. The highest BCUT2D eigenvalue weighted by atomic mass is 16.1. The minimum Gasteiger partial charge on any atom is -0.356 e. The van der Waals surface area contributed by atoms with Crippen LogP contribution >= 0.6 is 0 Å². The third-order valence-electron chi connectivity index (χ3n) is 4.67. The molecule has 0 aliphatic heterocycles. The lowest BCUT2D eigenvalue weighted by Crippen LogP contribution is -2.38. The van der Waals surface area contributed by atoms with Crippen molar-refractivity contribution in [1.82, 2.24) is 5.32 Å². The van der Waals surface area contributed by atoms with E-state index in [2.05, 4.69) is 43.4 Å². The highest BCUT2D eigenvalue weighted by Gasteiger charge is 2.24. The standard InChI is InChI=1S/C19H30N2O/c1-14(2)16-10-8-15(9-11-16)5-4-12-21-19(22)17-6-3-7-18(20)13-17/h8-11,14,17-18H,3-7,12-13,20H2,1-2H3,(H,21,22). The molecular formula is C19H30N2O. The van der Waals surface area contributed by atoms with Gasteiger partial charge in [-0.2, -0.15) is 0 Å². The lowest BCUT2D eigenvalue weighted by Gasteiger charge is -2.25. The normalized spacial score (nSPS) is 21.8. The molecule has 0 radical (unpaired) electrons. The number of nitrogens with one attached hydrogen (secondary N) is 1. The van der Waals surface area contributed by atoms with Crippen molar-refractivity contribution in [2.24, 2.45) is 11.7 Å². The van der Waals surface area contributed by atoms with Crippen molar-refractivity contribution in [1.29, 1.82) is 0 Å². The molecule has 1 aromatic carbocycles. The predicted molar refractivity (Wildman–Crippen MR) is 91.8 cm³/mol. The van der Waals surface area contributed by atoms with Crippen LogP contribution in [0, 0.1) is 5.92 Å². The Bertz CT molecular complexity index is 467. The minimum atomic E-state index is 0.133. The number of aryl methyl sites for hydroxylation is 1. The van der Waals surface area contributed by atoms with Crippen molar-refractivity contribution in [3.05, 3.63) is 35.4 Å². The first-order valence-electron chi connectivity index (χ1n) is 8.68. The number of hydrogen-bond acceptors (Lipinski definition) is 2. The first kappa shape index (κ1) is 17.0. The van der Waals surface area contributed by atoms with Crippen LogP contribution in [0.2, 0.25) is 0 Å². The van der Waals surface area contributed by atoms with Gasteiger partial charge in [0.15, 0.2) is 0 Å². The summed E-state index contributed by atoms with van der Waals surface area (Å²) in [6.45, 7) is 5.18. The van der Waals surface area contributed by atoms with E-state index in [1.807, 2.05) is 0 Å². The molecule has 2 unspecified atom stereocenters. The average Bonchev–Trinajstić information content (AvgIpc) is 2.51. The summed E-state index contributed by atoms with van der Waals surface area (Å²) in [5.74, 6) is 0.912. The van der Waals surface area contributed by atoms with Crippen LogP contribution in [0.25, 0.3) is 0 Å². The summed E-state index contributed by atoms with van der Waals surface area (Å²) < 4.78 is 0. The first-order valence-corrected chi connectivity index (χ1v) is 8.68. The van der Waals surface area contributed by atoms with E-state index >= 15 is 0 Å². The maximum absolute atomic E-state index is 12.1. The smallest absolute Gasteiger partial charge is 0.223 e. The molecule has 2 atom stereocenters. The monoisotopic (exact) mass is 302 g/mol. The molecule has 0 bridgehead atoms. The van der Waals surface area contributed by atoms with Crippen LogP contribution in [0.3, 0.4) is 0 Å². The fraction of sp³-hybridized carbons (Fsp3) is 0.632. The molecule has 1 amide bonds. The molecule has 1 aliphatic carbocycles. The largest absolute Gasteiger partial charge is 0.356 e. The fourth-order valence-corrected chi connectivity index (χ4v) is 3.18. The van der Waals surface area contributed by atoms with E-state index in [4.69, 9.17) is 5.73 Å². The van der Waals surface area contributed by atoms with Crippen molar-refractivity contribution >= 4 is 5.91 Å². The zero-order valence-corrected chi connectivity index (χ0v) is 14.0. The third-order valence-corrected chi connectivity index (χ3v) is 4.67. The van der Waals surface area contributed by atoms with Crippen molar-refractivity contribution in [2.45, 2.75) is 64.3 Å². The Kier molecular flexibility index (Phi) is 6.44. The molecule has 3 nitrogen and oxygen atoms in total. The van der Waals surface area contributed by atoms with Crippen LogP contribution in [0.5, 0.6) is 0 Å². The average molecular weight is 302 g/mol. The van der Waals surface area contributed by atoms with E-state index in [0.29, 0.717) is 5.92 Å². The van der Waals surface area contributed by atoms with Gasteiger partial charge in [0.1, 0.15) is 0 Å². The number of nitrogens with two attached hydrogens (primary N) is 1. The molecule has 1 saturated carbocycles. The predicted octanol–water partition coefficient (Wildman–Crippen LogP) is 3.38. The SMILES string of the molecule is CC(C)c1ccc(CCCNC(=O)C2CCCC(N)C2)cc1. The number of carbonyl (C=O) groups excluding carboxylic acids is 1. The highest BCUT2D eigenvalue weighted by Crippen LogP contribution is 2.23. The molecule has 122 valence electrons. The van der Waals surface area contributed by atoms with Crippen LogP contribution in [0.4, 0.5) is 0 Å². The van der Waals surface area contributed by atoms with Gasteiger partial charge < -0.3 is 11.1 Å². The summed E-state index contributed by atoms with van der Waals surface area (Å²) in [7, 11) is 0. The molecule has 3 N–H and O–H groups in total. The molecule has 1 aliphatic rings. The van der Waals surface area contributed by atoms with Gasteiger partial charge in [0, 0.05) is 18.5 Å². The molecular weight excluding hydrogens is 272 g/mol. The second-order valence-corrected chi connectivity index (χ2v) is 6.91. The number of hydrogen-bond donors (Lipinski definition) is 2. The fourth-order valence-electron chi connectivity index (χ4n) is 3.18. The summed E-state index contributed by atoms with van der Waals surface area (Å²) in [6.07, 6.45) is 6.00. The van der Waals surface area contributed by atoms with Gasteiger partial charge in [-0.05, 0) is 49.1 Å². The number of carbonyl (C=O) groups is 1. The Morgan fingerprint density at radius 3 is 2.64 bits per heavy atom. The molecule has 1 fully saturated rings. The van der Waals surface area contributed by atoms with Gasteiger partial charge in [0.05, 0.1) is 0 Å². The molecule has 1 aromatic rings. The molecule has 0 saturated heterocycles. The quantitative estimate of drug-likeness (QED) is 0.792. The number of rotatable bonds is 6. The maximum atomic E-state index is 12.1. The minimum absolute atomic E-state index is 0.133. The Balaban J connectivity index is 1.67. The zero-order valence-electron chi connectivity index (χ0n) is 14.0. The summed E-state index contributed by atoms with van der Waals surface area (Å²) in [4.78, 5) is 12.1. The van der Waals surface area contributed by atoms with Gasteiger partial charge in [-0.25, -0.2) is 0 Å². The van der Waals surface area contributed by atoms with Crippen LogP contribution in [0.1, 0.15) is 63.0 Å². The molecule has 0 spiro atoms. The van der Waals surface area contributed by atoms with Gasteiger partial charge in [0.2, 0.25) is 5.91 Å². The number of benzene rings is 1. The molecule has 3 heteroatoms. The Labute approximate surface area is 134 Å². The molecule has 22 heavy (non-hydrogen) atoms.